The first kappa shape index (κ1) is 12.5. The maximum atomic E-state index is 12.7. The number of hydrogen-bond acceptors (Lipinski definition) is 3. The predicted molar refractivity (Wildman–Crippen MR) is 64.1 cm³/mol. The minimum atomic E-state index is -3.26. The minimum Gasteiger partial charge on any atom is -0.314 e. The van der Waals surface area contributed by atoms with Crippen LogP contribution in [0.15, 0.2) is 29.2 Å². The van der Waals surface area contributed by atoms with Crippen LogP contribution in [0.2, 0.25) is 0 Å². The van der Waals surface area contributed by atoms with Gasteiger partial charge in [-0.2, -0.15) is 0 Å². The second-order valence-electron chi connectivity index (χ2n) is 4.35. The Balaban J connectivity index is 1.86. The molecule has 0 unspecified atom stereocenters. The Morgan fingerprint density at radius 2 is 1.88 bits per heavy atom. The summed E-state index contributed by atoms with van der Waals surface area (Å²) in [5.41, 5.74) is 0. The van der Waals surface area contributed by atoms with Crippen molar-refractivity contribution in [1.82, 2.24) is 5.32 Å². The standard InChI is InChI=1S/C12H16FNO2S/c13-10-2-6-12(7-3-10)17(15,16)9-1-8-14-11-4-5-11/h2-3,6-7,11,14H,1,4-5,8-9H2. The van der Waals surface area contributed by atoms with Gasteiger partial charge in [-0.1, -0.05) is 0 Å². The molecule has 0 atom stereocenters. The third kappa shape index (κ3) is 3.78. The topological polar surface area (TPSA) is 46.2 Å². The zero-order valence-corrected chi connectivity index (χ0v) is 10.3. The molecule has 0 aliphatic heterocycles. The molecule has 0 saturated heterocycles. The number of benzene rings is 1. The number of rotatable bonds is 6. The summed E-state index contributed by atoms with van der Waals surface area (Å²) < 4.78 is 36.4. The monoisotopic (exact) mass is 257 g/mol. The molecule has 3 nitrogen and oxygen atoms in total. The number of nitrogens with one attached hydrogen (secondary N) is 1. The van der Waals surface area contributed by atoms with Crippen molar-refractivity contribution in [3.63, 3.8) is 0 Å². The summed E-state index contributed by atoms with van der Waals surface area (Å²) in [5, 5.41) is 3.27. The molecule has 1 aromatic carbocycles. The lowest BCUT2D eigenvalue weighted by molar-refractivity contribution is 0.587. The molecule has 1 aliphatic rings. The summed E-state index contributed by atoms with van der Waals surface area (Å²) in [6.45, 7) is 0.727. The fraction of sp³-hybridized carbons (Fsp3) is 0.500. The van der Waals surface area contributed by atoms with Crippen molar-refractivity contribution < 1.29 is 12.8 Å². The summed E-state index contributed by atoms with van der Waals surface area (Å²) in [6.07, 6.45) is 2.99. The number of hydrogen-bond donors (Lipinski definition) is 1. The van der Waals surface area contributed by atoms with Gasteiger partial charge in [0.2, 0.25) is 0 Å². The smallest absolute Gasteiger partial charge is 0.178 e. The quantitative estimate of drug-likeness (QED) is 0.623. The lowest BCUT2D eigenvalue weighted by Gasteiger charge is -2.05. The fourth-order valence-electron chi connectivity index (χ4n) is 1.62. The third-order valence-electron chi connectivity index (χ3n) is 2.77. The van der Waals surface area contributed by atoms with Gasteiger partial charge in [0.1, 0.15) is 5.82 Å². The van der Waals surface area contributed by atoms with Crippen LogP contribution < -0.4 is 5.32 Å². The van der Waals surface area contributed by atoms with Crippen LogP contribution in [0.3, 0.4) is 0 Å². The summed E-state index contributed by atoms with van der Waals surface area (Å²) in [6, 6.07) is 5.59. The molecule has 0 amide bonds. The highest BCUT2D eigenvalue weighted by Gasteiger charge is 2.20. The highest BCUT2D eigenvalue weighted by molar-refractivity contribution is 7.91. The first-order valence-electron chi connectivity index (χ1n) is 5.80. The Bertz CT molecular complexity index is 466. The Morgan fingerprint density at radius 1 is 1.24 bits per heavy atom. The van der Waals surface area contributed by atoms with Crippen LogP contribution in [0.5, 0.6) is 0 Å². The average Bonchev–Trinajstić information content (AvgIpc) is 3.09. The summed E-state index contributed by atoms with van der Waals surface area (Å²) >= 11 is 0. The fourth-order valence-corrected chi connectivity index (χ4v) is 2.93. The Labute approximate surface area is 101 Å². The average molecular weight is 257 g/mol. The highest BCUT2D eigenvalue weighted by atomic mass is 32.2. The van der Waals surface area contributed by atoms with Crippen molar-refractivity contribution >= 4 is 9.84 Å². The van der Waals surface area contributed by atoms with Crippen molar-refractivity contribution in [3.05, 3.63) is 30.1 Å². The maximum absolute atomic E-state index is 12.7. The molecule has 1 fully saturated rings. The second kappa shape index (κ2) is 5.14. The summed E-state index contributed by atoms with van der Waals surface area (Å²) in [4.78, 5) is 0.199. The van der Waals surface area contributed by atoms with Crippen LogP contribution >= 0.6 is 0 Å². The van der Waals surface area contributed by atoms with E-state index in [1.807, 2.05) is 0 Å². The molecule has 5 heteroatoms. The first-order chi connectivity index (χ1) is 8.08. The van der Waals surface area contributed by atoms with E-state index in [1.54, 1.807) is 0 Å². The van der Waals surface area contributed by atoms with Gasteiger partial charge in [-0.05, 0) is 50.1 Å². The minimum absolute atomic E-state index is 0.109. The van der Waals surface area contributed by atoms with Crippen molar-refractivity contribution in [3.8, 4) is 0 Å². The second-order valence-corrected chi connectivity index (χ2v) is 6.46. The van der Waals surface area contributed by atoms with Crippen LogP contribution in [0.1, 0.15) is 19.3 Å². The SMILES string of the molecule is O=S(=O)(CCCNC1CC1)c1ccc(F)cc1. The van der Waals surface area contributed by atoms with Gasteiger partial charge >= 0.3 is 0 Å². The zero-order chi connectivity index (χ0) is 12.3. The maximum Gasteiger partial charge on any atom is 0.178 e. The van der Waals surface area contributed by atoms with Gasteiger partial charge in [-0.3, -0.25) is 0 Å². The Morgan fingerprint density at radius 3 is 2.47 bits per heavy atom. The van der Waals surface area contributed by atoms with Crippen LogP contribution in [-0.4, -0.2) is 26.8 Å². The van der Waals surface area contributed by atoms with E-state index >= 15 is 0 Å². The van der Waals surface area contributed by atoms with E-state index < -0.39 is 15.7 Å². The molecule has 1 N–H and O–H groups in total. The van der Waals surface area contributed by atoms with Crippen LogP contribution in [0.4, 0.5) is 4.39 Å². The van der Waals surface area contributed by atoms with Gasteiger partial charge < -0.3 is 5.32 Å². The van der Waals surface area contributed by atoms with Gasteiger partial charge in [0.25, 0.3) is 0 Å². The Kier molecular flexibility index (Phi) is 3.79. The zero-order valence-electron chi connectivity index (χ0n) is 9.52. The molecule has 94 valence electrons. The lowest BCUT2D eigenvalue weighted by Crippen LogP contribution is -2.20. The normalized spacial score (nSPS) is 16.1. The Hall–Kier alpha value is -0.940. The van der Waals surface area contributed by atoms with Gasteiger partial charge in [-0.15, -0.1) is 0 Å². The van der Waals surface area contributed by atoms with Gasteiger partial charge in [-0.25, -0.2) is 12.8 Å². The van der Waals surface area contributed by atoms with Crippen LogP contribution in [0.25, 0.3) is 0 Å². The van der Waals surface area contributed by atoms with Crippen molar-refractivity contribution in [2.24, 2.45) is 0 Å². The first-order valence-corrected chi connectivity index (χ1v) is 7.45. The molecule has 1 saturated carbocycles. The molecule has 0 spiro atoms. The molecule has 1 aromatic rings. The molecule has 0 heterocycles. The highest BCUT2D eigenvalue weighted by Crippen LogP contribution is 2.18. The lowest BCUT2D eigenvalue weighted by atomic mass is 10.4. The number of sulfone groups is 1. The van der Waals surface area contributed by atoms with Crippen molar-refractivity contribution in [1.29, 1.82) is 0 Å². The molecule has 1 aliphatic carbocycles. The number of halogens is 1. The van der Waals surface area contributed by atoms with E-state index in [0.29, 0.717) is 12.5 Å². The summed E-state index contributed by atoms with van der Waals surface area (Å²) in [7, 11) is -3.26. The van der Waals surface area contributed by atoms with E-state index in [9.17, 15) is 12.8 Å². The molecule has 0 aromatic heterocycles. The van der Waals surface area contributed by atoms with E-state index in [-0.39, 0.29) is 10.6 Å². The molecular formula is C12H16FNO2S. The van der Waals surface area contributed by atoms with Gasteiger partial charge in [0.05, 0.1) is 10.6 Å². The summed E-state index contributed by atoms with van der Waals surface area (Å²) in [5.74, 6) is -0.308. The van der Waals surface area contributed by atoms with Gasteiger partial charge in [0, 0.05) is 6.04 Å². The van der Waals surface area contributed by atoms with E-state index in [2.05, 4.69) is 5.32 Å². The molecule has 0 radical (unpaired) electrons. The van der Waals surface area contributed by atoms with Gasteiger partial charge in [0.15, 0.2) is 9.84 Å². The van der Waals surface area contributed by atoms with Crippen molar-refractivity contribution in [2.45, 2.75) is 30.2 Å². The van der Waals surface area contributed by atoms with E-state index in [1.165, 1.54) is 37.1 Å². The van der Waals surface area contributed by atoms with E-state index in [4.69, 9.17) is 0 Å². The molecule has 17 heavy (non-hydrogen) atoms. The largest absolute Gasteiger partial charge is 0.314 e. The van der Waals surface area contributed by atoms with Crippen LogP contribution in [-0.2, 0) is 9.84 Å². The molecule has 0 bridgehead atoms. The molecule has 2 rings (SSSR count). The molecular weight excluding hydrogens is 241 g/mol. The van der Waals surface area contributed by atoms with Crippen LogP contribution in [0, 0.1) is 5.82 Å². The predicted octanol–water partition coefficient (Wildman–Crippen LogP) is 1.74. The van der Waals surface area contributed by atoms with Crippen molar-refractivity contribution in [2.75, 3.05) is 12.3 Å². The van der Waals surface area contributed by atoms with E-state index in [0.717, 1.165) is 6.54 Å². The third-order valence-corrected chi connectivity index (χ3v) is 4.59.